The predicted octanol–water partition coefficient (Wildman–Crippen LogP) is 5.53. The zero-order valence-electron chi connectivity index (χ0n) is 17.5. The van der Waals surface area contributed by atoms with E-state index in [4.69, 9.17) is 4.74 Å². The number of hydrogen-bond donors (Lipinski definition) is 2. The number of ether oxygens (including phenoxy) is 1. The van der Waals surface area contributed by atoms with Gasteiger partial charge in [0.1, 0.15) is 5.75 Å². The van der Waals surface area contributed by atoms with Gasteiger partial charge >= 0.3 is 0 Å². The highest BCUT2D eigenvalue weighted by Gasteiger charge is 2.29. The van der Waals surface area contributed by atoms with Crippen molar-refractivity contribution in [1.82, 2.24) is 0 Å². The summed E-state index contributed by atoms with van der Waals surface area (Å²) in [5.41, 5.74) is 4.11. The molecule has 4 rings (SSSR count). The van der Waals surface area contributed by atoms with Crippen molar-refractivity contribution in [1.29, 1.82) is 0 Å². The van der Waals surface area contributed by atoms with Crippen LogP contribution in [0.3, 0.4) is 0 Å². The fourth-order valence-corrected chi connectivity index (χ4v) is 3.38. The molecule has 0 bridgehead atoms. The van der Waals surface area contributed by atoms with Gasteiger partial charge in [-0.1, -0.05) is 68.4 Å². The Morgan fingerprint density at radius 1 is 1.03 bits per heavy atom. The Morgan fingerprint density at radius 3 is 2.48 bits per heavy atom. The number of benzene rings is 3. The average molecular weight is 412 g/mol. The van der Waals surface area contributed by atoms with E-state index < -0.39 is 6.10 Å². The molecule has 1 atom stereocenters. The summed E-state index contributed by atoms with van der Waals surface area (Å²) in [5, 5.41) is 5.68. The summed E-state index contributed by atoms with van der Waals surface area (Å²) in [7, 11) is 0. The Balaban J connectivity index is 1.42. The molecule has 3 aromatic rings. The zero-order chi connectivity index (χ0) is 21.8. The van der Waals surface area contributed by atoms with Crippen LogP contribution in [0, 0.1) is 0 Å². The third kappa shape index (κ3) is 4.83. The van der Waals surface area contributed by atoms with E-state index in [1.165, 1.54) is 11.6 Å². The van der Waals surface area contributed by atoms with E-state index in [0.29, 0.717) is 23.0 Å². The molecule has 1 aliphatic rings. The molecule has 3 aromatic carbocycles. The van der Waals surface area contributed by atoms with Crippen LogP contribution in [0.1, 0.15) is 42.6 Å². The van der Waals surface area contributed by atoms with Crippen LogP contribution in [-0.4, -0.2) is 11.8 Å². The number of rotatable bonds is 5. The number of nitrogens with one attached hydrogen (secondary N) is 2. The Bertz CT molecular complexity index is 1120. The van der Waals surface area contributed by atoms with Gasteiger partial charge in [-0.3, -0.25) is 9.59 Å². The monoisotopic (exact) mass is 412 g/mol. The molecular weight excluding hydrogens is 388 g/mol. The van der Waals surface area contributed by atoms with Crippen molar-refractivity contribution in [2.45, 2.75) is 25.9 Å². The van der Waals surface area contributed by atoms with Gasteiger partial charge in [0.15, 0.2) is 0 Å². The number of amides is 2. The highest BCUT2D eigenvalue weighted by molar-refractivity contribution is 6.03. The minimum atomic E-state index is -0.695. The Morgan fingerprint density at radius 2 is 1.77 bits per heavy atom. The van der Waals surface area contributed by atoms with Gasteiger partial charge in [0.25, 0.3) is 5.91 Å². The quantitative estimate of drug-likeness (QED) is 0.541. The molecule has 0 aliphatic carbocycles. The van der Waals surface area contributed by atoms with Crippen LogP contribution in [0.5, 0.6) is 5.75 Å². The fourth-order valence-electron chi connectivity index (χ4n) is 3.38. The van der Waals surface area contributed by atoms with Gasteiger partial charge < -0.3 is 15.4 Å². The molecule has 1 heterocycles. The van der Waals surface area contributed by atoms with Gasteiger partial charge in [-0.15, -0.1) is 0 Å². The predicted molar refractivity (Wildman–Crippen MR) is 123 cm³/mol. The molecule has 31 heavy (non-hydrogen) atoms. The van der Waals surface area contributed by atoms with Crippen LogP contribution < -0.4 is 15.4 Å². The lowest BCUT2D eigenvalue weighted by Crippen LogP contribution is -2.30. The summed E-state index contributed by atoms with van der Waals surface area (Å²) in [6.07, 6.45) is 2.57. The van der Waals surface area contributed by atoms with E-state index >= 15 is 0 Å². The maximum Gasteiger partial charge on any atom is 0.270 e. The first-order chi connectivity index (χ1) is 15.0. The minimum Gasteiger partial charge on any atom is -0.474 e. The van der Waals surface area contributed by atoms with Gasteiger partial charge in [0.05, 0.1) is 5.69 Å². The highest BCUT2D eigenvalue weighted by atomic mass is 16.5. The van der Waals surface area contributed by atoms with E-state index in [9.17, 15) is 9.59 Å². The van der Waals surface area contributed by atoms with Crippen LogP contribution >= 0.6 is 0 Å². The maximum atomic E-state index is 12.5. The van der Waals surface area contributed by atoms with Crippen molar-refractivity contribution in [3.8, 4) is 5.75 Å². The first-order valence-electron chi connectivity index (χ1n) is 10.2. The van der Waals surface area contributed by atoms with E-state index in [1.54, 1.807) is 24.3 Å². The topological polar surface area (TPSA) is 67.4 Å². The van der Waals surface area contributed by atoms with Crippen molar-refractivity contribution in [2.24, 2.45) is 0 Å². The first-order valence-corrected chi connectivity index (χ1v) is 10.2. The Hall–Kier alpha value is -3.86. The van der Waals surface area contributed by atoms with Gasteiger partial charge in [0, 0.05) is 17.3 Å². The maximum absolute atomic E-state index is 12.5. The number of carbonyl (C=O) groups excluding carboxylic acids is 2. The largest absolute Gasteiger partial charge is 0.474 e. The second-order valence-corrected chi connectivity index (χ2v) is 7.75. The molecular formula is C26H24N2O3. The average Bonchev–Trinajstić information content (AvgIpc) is 2.78. The molecule has 5 nitrogen and oxygen atoms in total. The molecule has 0 saturated carbocycles. The third-order valence-electron chi connectivity index (χ3n) is 5.12. The lowest BCUT2D eigenvalue weighted by molar-refractivity contribution is -0.123. The summed E-state index contributed by atoms with van der Waals surface area (Å²) < 4.78 is 5.88. The summed E-state index contributed by atoms with van der Waals surface area (Å²) in [5.74, 6) is 0.537. The van der Waals surface area contributed by atoms with Crippen LogP contribution in [0.4, 0.5) is 11.4 Å². The Labute approximate surface area is 181 Å². The molecule has 0 saturated heterocycles. The first kappa shape index (κ1) is 20.4. The summed E-state index contributed by atoms with van der Waals surface area (Å²) in [6, 6.07) is 22.6. The molecule has 2 amide bonds. The van der Waals surface area contributed by atoms with Crippen molar-refractivity contribution in [2.75, 3.05) is 10.6 Å². The van der Waals surface area contributed by atoms with Crippen molar-refractivity contribution in [3.63, 3.8) is 0 Å². The number of hydrogen-bond acceptors (Lipinski definition) is 3. The molecule has 1 unspecified atom stereocenters. The zero-order valence-corrected chi connectivity index (χ0v) is 17.5. The van der Waals surface area contributed by atoms with Gasteiger partial charge in [-0.25, -0.2) is 0 Å². The van der Waals surface area contributed by atoms with E-state index in [0.717, 1.165) is 11.1 Å². The number of anilines is 2. The standard InChI is InChI=1S/C26H24N2O3/c1-17(2)19-11-8-18(9-12-19)10-15-24(29)27-21-13-14-23-22(16-21)28-26(30)25(31-23)20-6-4-3-5-7-20/h3-17,25H,1-2H3,(H,27,29)(H,28,30)/b15-10+. The molecule has 1 aliphatic heterocycles. The van der Waals surface area contributed by atoms with Gasteiger partial charge in [0.2, 0.25) is 12.0 Å². The van der Waals surface area contributed by atoms with Crippen molar-refractivity contribution in [3.05, 3.63) is 95.6 Å². The summed E-state index contributed by atoms with van der Waals surface area (Å²) in [6.45, 7) is 4.29. The molecule has 0 radical (unpaired) electrons. The molecule has 0 spiro atoms. The normalized spacial score (nSPS) is 15.3. The third-order valence-corrected chi connectivity index (χ3v) is 5.12. The lowest BCUT2D eigenvalue weighted by atomic mass is 10.0. The van der Waals surface area contributed by atoms with Crippen LogP contribution in [-0.2, 0) is 9.59 Å². The second kappa shape index (κ2) is 8.88. The SMILES string of the molecule is CC(C)c1ccc(/C=C/C(=O)Nc2ccc3c(c2)NC(=O)C(c2ccccc2)O3)cc1. The smallest absolute Gasteiger partial charge is 0.270 e. The summed E-state index contributed by atoms with van der Waals surface area (Å²) >= 11 is 0. The van der Waals surface area contributed by atoms with Crippen LogP contribution in [0.15, 0.2) is 78.9 Å². The molecule has 0 aromatic heterocycles. The lowest BCUT2D eigenvalue weighted by Gasteiger charge is -2.26. The van der Waals surface area contributed by atoms with E-state index in [-0.39, 0.29) is 11.8 Å². The minimum absolute atomic E-state index is 0.244. The molecule has 0 fully saturated rings. The Kier molecular flexibility index (Phi) is 5.85. The number of carbonyl (C=O) groups is 2. The second-order valence-electron chi connectivity index (χ2n) is 7.75. The molecule has 2 N–H and O–H groups in total. The number of fused-ring (bicyclic) bond motifs is 1. The van der Waals surface area contributed by atoms with Crippen LogP contribution in [0.2, 0.25) is 0 Å². The van der Waals surface area contributed by atoms with Crippen molar-refractivity contribution >= 4 is 29.3 Å². The highest BCUT2D eigenvalue weighted by Crippen LogP contribution is 2.36. The van der Waals surface area contributed by atoms with Crippen LogP contribution in [0.25, 0.3) is 6.08 Å². The van der Waals surface area contributed by atoms with E-state index in [2.05, 4.69) is 36.6 Å². The van der Waals surface area contributed by atoms with Gasteiger partial charge in [-0.2, -0.15) is 0 Å². The van der Waals surface area contributed by atoms with Crippen molar-refractivity contribution < 1.29 is 14.3 Å². The summed E-state index contributed by atoms with van der Waals surface area (Å²) in [4.78, 5) is 24.8. The molecule has 5 heteroatoms. The molecule has 156 valence electrons. The van der Waals surface area contributed by atoms with Gasteiger partial charge in [-0.05, 0) is 41.3 Å². The van der Waals surface area contributed by atoms with E-state index in [1.807, 2.05) is 42.5 Å². The fraction of sp³-hybridized carbons (Fsp3) is 0.154.